The number of hydrogen-bond acceptors (Lipinski definition) is 6. The summed E-state index contributed by atoms with van der Waals surface area (Å²) < 4.78 is 129. The van der Waals surface area contributed by atoms with Gasteiger partial charge in [0.25, 0.3) is 0 Å². The van der Waals surface area contributed by atoms with Gasteiger partial charge in [-0.1, -0.05) is 41.0 Å². The summed E-state index contributed by atoms with van der Waals surface area (Å²) in [6.07, 6.45) is -9.38. The Morgan fingerprint density at radius 1 is 0.692 bits per heavy atom. The van der Waals surface area contributed by atoms with Crippen molar-refractivity contribution in [2.75, 3.05) is 19.8 Å². The minimum Gasteiger partial charge on any atom is -0.465 e. The number of rotatable bonds is 16. The molecule has 0 saturated carbocycles. The number of esters is 3. The molecule has 0 rings (SSSR count). The fourth-order valence-electron chi connectivity index (χ4n) is 3.29. The Labute approximate surface area is 220 Å². The van der Waals surface area contributed by atoms with Gasteiger partial charge in [-0.3, -0.25) is 14.4 Å². The fraction of sp³-hybridized carbons (Fsp3) is 0.875. The van der Waals surface area contributed by atoms with Crippen LogP contribution in [0, 0.1) is 16.7 Å². The van der Waals surface area contributed by atoms with Gasteiger partial charge >= 0.3 is 41.9 Å². The van der Waals surface area contributed by atoms with Gasteiger partial charge in [0.2, 0.25) is 0 Å². The van der Waals surface area contributed by atoms with Crippen LogP contribution in [0.3, 0.4) is 0 Å². The van der Waals surface area contributed by atoms with Crippen molar-refractivity contribution in [2.24, 2.45) is 16.7 Å². The molecule has 230 valence electrons. The third kappa shape index (κ3) is 9.73. The summed E-state index contributed by atoms with van der Waals surface area (Å²) in [7, 11) is 0. The maximum Gasteiger partial charge on any atom is 0.460 e. The highest BCUT2D eigenvalue weighted by atomic mass is 19.4. The van der Waals surface area contributed by atoms with Gasteiger partial charge in [-0.05, 0) is 24.7 Å². The molecule has 0 aliphatic heterocycles. The lowest BCUT2D eigenvalue weighted by Gasteiger charge is -2.38. The Morgan fingerprint density at radius 2 is 1.13 bits per heavy atom. The van der Waals surface area contributed by atoms with Gasteiger partial charge in [-0.2, -0.15) is 39.5 Å². The lowest BCUT2D eigenvalue weighted by Crippen LogP contribution is -2.61. The van der Waals surface area contributed by atoms with Crippen LogP contribution in [0.1, 0.15) is 73.6 Å². The largest absolute Gasteiger partial charge is 0.465 e. The molecular formula is C24H35F9O6. The maximum atomic E-state index is 13.4. The summed E-state index contributed by atoms with van der Waals surface area (Å²) in [5.41, 5.74) is -0.944. The zero-order valence-corrected chi connectivity index (χ0v) is 22.6. The molecule has 0 saturated heterocycles. The first-order chi connectivity index (χ1) is 17.4. The van der Waals surface area contributed by atoms with Crippen molar-refractivity contribution in [1.29, 1.82) is 0 Å². The SMILES string of the molecule is CCC(C)(C)CC(C)(C(=O)OCCOC(=O)CCC(=O)OCCC(F)(F)C(F)(F)C(F)(F)C(F)(F)F)C(C)C. The number of carbonyl (C=O) groups excluding carboxylic acids is 3. The van der Waals surface area contributed by atoms with Gasteiger partial charge in [0.15, 0.2) is 0 Å². The molecule has 0 fully saturated rings. The van der Waals surface area contributed by atoms with Crippen molar-refractivity contribution in [3.8, 4) is 0 Å². The molecule has 0 radical (unpaired) electrons. The van der Waals surface area contributed by atoms with Crippen LogP contribution in [0.25, 0.3) is 0 Å². The van der Waals surface area contributed by atoms with E-state index in [1.54, 1.807) is 6.92 Å². The average molecular weight is 591 g/mol. The van der Waals surface area contributed by atoms with Crippen molar-refractivity contribution in [3.63, 3.8) is 0 Å². The van der Waals surface area contributed by atoms with Crippen molar-refractivity contribution in [2.45, 2.75) is 97.6 Å². The Balaban J connectivity index is 4.59. The number of carbonyl (C=O) groups is 3. The third-order valence-corrected chi connectivity index (χ3v) is 6.55. The predicted molar refractivity (Wildman–Crippen MR) is 119 cm³/mol. The Hall–Kier alpha value is -2.22. The van der Waals surface area contributed by atoms with Gasteiger partial charge in [0.1, 0.15) is 13.2 Å². The Bertz CT molecular complexity index is 840. The number of halogens is 9. The van der Waals surface area contributed by atoms with E-state index in [1.165, 1.54) is 0 Å². The number of hydrogen-bond donors (Lipinski definition) is 0. The molecule has 0 heterocycles. The molecule has 0 aliphatic rings. The number of ether oxygens (including phenoxy) is 3. The molecule has 0 spiro atoms. The van der Waals surface area contributed by atoms with E-state index in [2.05, 4.69) is 4.74 Å². The van der Waals surface area contributed by atoms with Crippen LogP contribution in [0.4, 0.5) is 39.5 Å². The van der Waals surface area contributed by atoms with E-state index in [0.717, 1.165) is 6.42 Å². The summed E-state index contributed by atoms with van der Waals surface area (Å²) in [4.78, 5) is 35.9. The molecule has 0 aliphatic carbocycles. The fourth-order valence-corrected chi connectivity index (χ4v) is 3.29. The van der Waals surface area contributed by atoms with Crippen LogP contribution in [0.2, 0.25) is 0 Å². The summed E-state index contributed by atoms with van der Waals surface area (Å²) in [6, 6.07) is 0. The summed E-state index contributed by atoms with van der Waals surface area (Å²) >= 11 is 0. The second kappa shape index (κ2) is 13.4. The van der Waals surface area contributed by atoms with Crippen molar-refractivity contribution in [3.05, 3.63) is 0 Å². The zero-order chi connectivity index (χ0) is 31.1. The van der Waals surface area contributed by atoms with E-state index in [-0.39, 0.29) is 24.5 Å². The molecule has 0 amide bonds. The molecule has 0 N–H and O–H groups in total. The van der Waals surface area contributed by atoms with Crippen molar-refractivity contribution >= 4 is 17.9 Å². The van der Waals surface area contributed by atoms with Crippen LogP contribution < -0.4 is 0 Å². The third-order valence-electron chi connectivity index (χ3n) is 6.55. The lowest BCUT2D eigenvalue weighted by atomic mass is 9.67. The standard InChI is InChI=1S/C24H35F9O6/c1-7-19(4,5)14-20(6,15(2)3)18(36)39-13-12-38-17(35)9-8-16(34)37-11-10-21(25,26)22(27,28)23(29,30)24(31,32)33/h15H,7-14H2,1-6H3. The Kier molecular flexibility index (Phi) is 12.7. The Morgan fingerprint density at radius 3 is 1.54 bits per heavy atom. The van der Waals surface area contributed by atoms with E-state index in [9.17, 15) is 53.9 Å². The van der Waals surface area contributed by atoms with E-state index >= 15 is 0 Å². The highest BCUT2D eigenvalue weighted by molar-refractivity contribution is 5.78. The smallest absolute Gasteiger partial charge is 0.460 e. The first kappa shape index (κ1) is 36.8. The van der Waals surface area contributed by atoms with Crippen LogP contribution in [0.15, 0.2) is 0 Å². The molecule has 1 unspecified atom stereocenters. The topological polar surface area (TPSA) is 78.9 Å². The molecule has 0 bridgehead atoms. The molecule has 39 heavy (non-hydrogen) atoms. The molecule has 0 aromatic rings. The van der Waals surface area contributed by atoms with Crippen LogP contribution >= 0.6 is 0 Å². The zero-order valence-electron chi connectivity index (χ0n) is 22.6. The first-order valence-electron chi connectivity index (χ1n) is 12.1. The van der Waals surface area contributed by atoms with Crippen LogP contribution in [-0.2, 0) is 28.6 Å². The molecule has 15 heteroatoms. The van der Waals surface area contributed by atoms with Gasteiger partial charge < -0.3 is 14.2 Å². The molecule has 0 aromatic heterocycles. The second-order valence-electron chi connectivity index (χ2n) is 10.4. The minimum atomic E-state index is -7.04. The van der Waals surface area contributed by atoms with E-state index < -0.39 is 73.1 Å². The molecule has 0 aromatic carbocycles. The highest BCUT2D eigenvalue weighted by Gasteiger charge is 2.81. The maximum absolute atomic E-state index is 13.4. The minimum absolute atomic E-state index is 0.0586. The summed E-state index contributed by atoms with van der Waals surface area (Å²) in [5.74, 6) is -22.7. The van der Waals surface area contributed by atoms with Crippen molar-refractivity contribution in [1.82, 2.24) is 0 Å². The quantitative estimate of drug-likeness (QED) is 0.0858. The number of alkyl halides is 9. The van der Waals surface area contributed by atoms with Gasteiger partial charge in [-0.15, -0.1) is 0 Å². The normalized spacial score (nSPS) is 15.1. The van der Waals surface area contributed by atoms with Crippen LogP contribution in [0.5, 0.6) is 0 Å². The van der Waals surface area contributed by atoms with Gasteiger partial charge in [0.05, 0.1) is 31.3 Å². The highest BCUT2D eigenvalue weighted by Crippen LogP contribution is 2.54. The van der Waals surface area contributed by atoms with Gasteiger partial charge in [0, 0.05) is 0 Å². The summed E-state index contributed by atoms with van der Waals surface area (Å²) in [6.45, 7) is 9.25. The average Bonchev–Trinajstić information content (AvgIpc) is 2.78. The van der Waals surface area contributed by atoms with Crippen molar-refractivity contribution < 1.29 is 68.1 Å². The lowest BCUT2D eigenvalue weighted by molar-refractivity contribution is -0.397. The van der Waals surface area contributed by atoms with E-state index in [4.69, 9.17) is 9.47 Å². The summed E-state index contributed by atoms with van der Waals surface area (Å²) in [5, 5.41) is 0. The second-order valence-corrected chi connectivity index (χ2v) is 10.4. The van der Waals surface area contributed by atoms with E-state index in [1.807, 2.05) is 34.6 Å². The molecular weight excluding hydrogens is 555 g/mol. The molecule has 6 nitrogen and oxygen atoms in total. The monoisotopic (exact) mass is 590 g/mol. The van der Waals surface area contributed by atoms with Crippen LogP contribution in [-0.4, -0.2) is 61.7 Å². The van der Waals surface area contributed by atoms with Gasteiger partial charge in [-0.25, -0.2) is 0 Å². The predicted octanol–water partition coefficient (Wildman–Crippen LogP) is 6.74. The molecule has 1 atom stereocenters. The first-order valence-corrected chi connectivity index (χ1v) is 12.1. The van der Waals surface area contributed by atoms with E-state index in [0.29, 0.717) is 6.42 Å².